The summed E-state index contributed by atoms with van der Waals surface area (Å²) in [6, 6.07) is 9.57. The van der Waals surface area contributed by atoms with Gasteiger partial charge in [0.2, 0.25) is 10.0 Å². The van der Waals surface area contributed by atoms with Gasteiger partial charge in [0, 0.05) is 19.7 Å². The standard InChI is InChI=1S/C19H32N4O4S/c1-2-20-19(21-11-14-27-17-8-4-3-5-9-17)22-12-15-28(24,25)23-16-18-10-6-7-13-26-18/h3-5,8-9,18,23H,2,6-7,10-16H2,1H3,(H2,20,21,22). The summed E-state index contributed by atoms with van der Waals surface area (Å²) in [4.78, 5) is 4.33. The molecule has 0 spiro atoms. The maximum Gasteiger partial charge on any atom is 0.213 e. The van der Waals surface area contributed by atoms with Crippen LogP contribution in [0.5, 0.6) is 5.75 Å². The van der Waals surface area contributed by atoms with Gasteiger partial charge in [-0.15, -0.1) is 0 Å². The lowest BCUT2D eigenvalue weighted by molar-refractivity contribution is 0.0200. The van der Waals surface area contributed by atoms with Gasteiger partial charge < -0.3 is 20.1 Å². The molecule has 0 saturated carbocycles. The van der Waals surface area contributed by atoms with Gasteiger partial charge in [0.1, 0.15) is 12.4 Å². The Balaban J connectivity index is 1.68. The molecule has 1 aliphatic rings. The molecule has 28 heavy (non-hydrogen) atoms. The normalized spacial score (nSPS) is 17.9. The van der Waals surface area contributed by atoms with Gasteiger partial charge in [-0.3, -0.25) is 4.99 Å². The van der Waals surface area contributed by atoms with Gasteiger partial charge in [0.25, 0.3) is 0 Å². The SMILES string of the molecule is CCNC(=NCCS(=O)(=O)NCC1CCCCO1)NCCOc1ccccc1. The molecule has 0 aromatic heterocycles. The van der Waals surface area contributed by atoms with Crippen molar-refractivity contribution in [1.82, 2.24) is 15.4 Å². The third-order valence-electron chi connectivity index (χ3n) is 4.19. The number of rotatable bonds is 11. The molecule has 0 amide bonds. The fourth-order valence-corrected chi connectivity index (χ4v) is 3.65. The number of nitrogens with zero attached hydrogens (tertiary/aromatic N) is 1. The number of guanidine groups is 1. The Morgan fingerprint density at radius 3 is 2.79 bits per heavy atom. The van der Waals surface area contributed by atoms with Crippen LogP contribution in [0, 0.1) is 0 Å². The Hall–Kier alpha value is -1.84. The number of hydrogen-bond donors (Lipinski definition) is 3. The maximum absolute atomic E-state index is 12.1. The lowest BCUT2D eigenvalue weighted by Gasteiger charge is -2.22. The lowest BCUT2D eigenvalue weighted by Crippen LogP contribution is -2.40. The van der Waals surface area contributed by atoms with E-state index >= 15 is 0 Å². The fraction of sp³-hybridized carbons (Fsp3) is 0.632. The second kappa shape index (κ2) is 12.6. The monoisotopic (exact) mass is 412 g/mol. The molecule has 3 N–H and O–H groups in total. The molecule has 0 radical (unpaired) electrons. The molecule has 1 atom stereocenters. The van der Waals surface area contributed by atoms with Gasteiger partial charge in [-0.1, -0.05) is 18.2 Å². The summed E-state index contributed by atoms with van der Waals surface area (Å²) < 4.78 is 38.1. The van der Waals surface area contributed by atoms with Crippen molar-refractivity contribution in [1.29, 1.82) is 0 Å². The zero-order valence-corrected chi connectivity index (χ0v) is 17.3. The first kappa shape index (κ1) is 22.4. The number of ether oxygens (including phenoxy) is 2. The lowest BCUT2D eigenvalue weighted by atomic mass is 10.1. The molecule has 1 fully saturated rings. The Bertz CT molecular complexity index is 676. The van der Waals surface area contributed by atoms with E-state index in [0.717, 1.165) is 25.0 Å². The van der Waals surface area contributed by atoms with Crippen molar-refractivity contribution in [3.05, 3.63) is 30.3 Å². The number of sulfonamides is 1. The first-order valence-electron chi connectivity index (χ1n) is 9.88. The molecule has 0 bridgehead atoms. The van der Waals surface area contributed by atoms with Crippen LogP contribution in [0.25, 0.3) is 0 Å². The molecule has 0 aliphatic carbocycles. The summed E-state index contributed by atoms with van der Waals surface area (Å²) in [6.07, 6.45) is 3.02. The molecular formula is C19H32N4O4S. The Morgan fingerprint density at radius 2 is 2.07 bits per heavy atom. The first-order valence-corrected chi connectivity index (χ1v) is 11.5. The van der Waals surface area contributed by atoms with E-state index in [4.69, 9.17) is 9.47 Å². The predicted molar refractivity (Wildman–Crippen MR) is 111 cm³/mol. The van der Waals surface area contributed by atoms with Gasteiger partial charge >= 0.3 is 0 Å². The molecule has 158 valence electrons. The molecular weight excluding hydrogens is 380 g/mol. The van der Waals surface area contributed by atoms with E-state index in [1.807, 2.05) is 37.3 Å². The average molecular weight is 413 g/mol. The second-order valence-electron chi connectivity index (χ2n) is 6.50. The number of para-hydroxylation sites is 1. The summed E-state index contributed by atoms with van der Waals surface area (Å²) in [5, 5.41) is 6.24. The van der Waals surface area contributed by atoms with E-state index in [0.29, 0.717) is 38.8 Å². The highest BCUT2D eigenvalue weighted by Crippen LogP contribution is 2.11. The predicted octanol–water partition coefficient (Wildman–Crippen LogP) is 1.11. The van der Waals surface area contributed by atoms with E-state index in [1.165, 1.54) is 0 Å². The van der Waals surface area contributed by atoms with Gasteiger partial charge in [-0.05, 0) is 38.3 Å². The summed E-state index contributed by atoms with van der Waals surface area (Å²) >= 11 is 0. The molecule has 1 unspecified atom stereocenters. The number of nitrogens with one attached hydrogen (secondary N) is 3. The van der Waals surface area contributed by atoms with Gasteiger partial charge in [-0.25, -0.2) is 13.1 Å². The van der Waals surface area contributed by atoms with Crippen LogP contribution >= 0.6 is 0 Å². The van der Waals surface area contributed by atoms with Gasteiger partial charge in [-0.2, -0.15) is 0 Å². The molecule has 1 saturated heterocycles. The topological polar surface area (TPSA) is 101 Å². The second-order valence-corrected chi connectivity index (χ2v) is 8.43. The molecule has 1 aromatic rings. The molecule has 1 aliphatic heterocycles. The van der Waals surface area contributed by atoms with E-state index < -0.39 is 10.0 Å². The quantitative estimate of drug-likeness (QED) is 0.286. The minimum absolute atomic E-state index is 0.0179. The fourth-order valence-electron chi connectivity index (χ4n) is 2.73. The minimum atomic E-state index is -3.37. The van der Waals surface area contributed by atoms with E-state index in [1.54, 1.807) is 0 Å². The van der Waals surface area contributed by atoms with Crippen molar-refractivity contribution in [2.24, 2.45) is 4.99 Å². The van der Waals surface area contributed by atoms with Crippen LogP contribution < -0.4 is 20.1 Å². The van der Waals surface area contributed by atoms with E-state index in [9.17, 15) is 8.42 Å². The van der Waals surface area contributed by atoms with Crippen LogP contribution in [0.3, 0.4) is 0 Å². The first-order chi connectivity index (χ1) is 13.6. The number of benzene rings is 1. The van der Waals surface area contributed by atoms with Crippen molar-refractivity contribution in [2.45, 2.75) is 32.3 Å². The highest BCUT2D eigenvalue weighted by Gasteiger charge is 2.17. The van der Waals surface area contributed by atoms with Crippen LogP contribution in [0.15, 0.2) is 35.3 Å². The van der Waals surface area contributed by atoms with Crippen molar-refractivity contribution < 1.29 is 17.9 Å². The summed E-state index contributed by atoms with van der Waals surface area (Å²) in [7, 11) is -3.37. The molecule has 8 nitrogen and oxygen atoms in total. The third kappa shape index (κ3) is 9.38. The van der Waals surface area contributed by atoms with Gasteiger partial charge in [0.05, 0.1) is 24.9 Å². The third-order valence-corrected chi connectivity index (χ3v) is 5.51. The Kier molecular flexibility index (Phi) is 10.1. The summed E-state index contributed by atoms with van der Waals surface area (Å²) in [5.74, 6) is 1.33. The summed E-state index contributed by atoms with van der Waals surface area (Å²) in [6.45, 7) is 4.91. The number of hydrogen-bond acceptors (Lipinski definition) is 5. The van der Waals surface area contributed by atoms with Crippen molar-refractivity contribution in [2.75, 3.05) is 45.1 Å². The van der Waals surface area contributed by atoms with Crippen molar-refractivity contribution in [3.8, 4) is 5.75 Å². The maximum atomic E-state index is 12.1. The number of aliphatic imine (C=N–C) groups is 1. The average Bonchev–Trinajstić information content (AvgIpc) is 2.71. The zero-order chi connectivity index (χ0) is 20.1. The van der Waals surface area contributed by atoms with Crippen LogP contribution in [0.4, 0.5) is 0 Å². The van der Waals surface area contributed by atoms with E-state index in [2.05, 4.69) is 20.3 Å². The van der Waals surface area contributed by atoms with Crippen LogP contribution in [0.2, 0.25) is 0 Å². The van der Waals surface area contributed by atoms with Crippen molar-refractivity contribution in [3.63, 3.8) is 0 Å². The smallest absolute Gasteiger partial charge is 0.213 e. The highest BCUT2D eigenvalue weighted by atomic mass is 32.2. The summed E-state index contributed by atoms with van der Waals surface area (Å²) in [5.41, 5.74) is 0. The zero-order valence-electron chi connectivity index (χ0n) is 16.5. The minimum Gasteiger partial charge on any atom is -0.492 e. The van der Waals surface area contributed by atoms with E-state index in [-0.39, 0.29) is 18.4 Å². The molecule has 9 heteroatoms. The molecule has 1 heterocycles. The molecule has 2 rings (SSSR count). The van der Waals surface area contributed by atoms with Gasteiger partial charge in [0.15, 0.2) is 5.96 Å². The Morgan fingerprint density at radius 1 is 1.25 bits per heavy atom. The van der Waals surface area contributed by atoms with Crippen LogP contribution in [-0.4, -0.2) is 65.6 Å². The molecule has 1 aromatic carbocycles. The van der Waals surface area contributed by atoms with Crippen LogP contribution in [0.1, 0.15) is 26.2 Å². The van der Waals surface area contributed by atoms with Crippen molar-refractivity contribution >= 4 is 16.0 Å². The Labute approximate surface area is 168 Å². The largest absolute Gasteiger partial charge is 0.492 e. The highest BCUT2D eigenvalue weighted by molar-refractivity contribution is 7.89. The van der Waals surface area contributed by atoms with Crippen LogP contribution in [-0.2, 0) is 14.8 Å².